The van der Waals surface area contributed by atoms with Crippen LogP contribution in [0.2, 0.25) is 0 Å². The van der Waals surface area contributed by atoms with Gasteiger partial charge in [0.15, 0.2) is 0 Å². The van der Waals surface area contributed by atoms with Gasteiger partial charge < -0.3 is 10.2 Å². The lowest BCUT2D eigenvalue weighted by Crippen LogP contribution is -2.38. The molecule has 1 amide bonds. The van der Waals surface area contributed by atoms with Gasteiger partial charge >= 0.3 is 0 Å². The molecule has 5 heteroatoms. The van der Waals surface area contributed by atoms with Crippen molar-refractivity contribution in [1.29, 1.82) is 0 Å². The standard InChI is InChI=1S/C17H24BrFN2O/c1-13-6-2-4-10-21(13)11-5-3-9-20-17(22)15-12-14(18)7-8-16(15)19/h7-8,12-13H,2-6,9-11H2,1H3,(H,20,22). The van der Waals surface area contributed by atoms with E-state index in [1.807, 2.05) is 0 Å². The first-order valence-corrected chi connectivity index (χ1v) is 8.84. The van der Waals surface area contributed by atoms with Crippen LogP contribution in [-0.2, 0) is 0 Å². The van der Waals surface area contributed by atoms with Crippen LogP contribution in [0.1, 0.15) is 49.4 Å². The number of unbranched alkanes of at least 4 members (excludes halogenated alkanes) is 1. The Kier molecular flexibility index (Phi) is 6.83. The SMILES string of the molecule is CC1CCCCN1CCCCNC(=O)c1cc(Br)ccc1F. The number of nitrogens with one attached hydrogen (secondary N) is 1. The van der Waals surface area contributed by atoms with Gasteiger partial charge in [0.05, 0.1) is 5.56 Å². The quantitative estimate of drug-likeness (QED) is 0.768. The topological polar surface area (TPSA) is 32.3 Å². The Hall–Kier alpha value is -0.940. The Bertz CT molecular complexity index is 509. The van der Waals surface area contributed by atoms with Crippen LogP contribution in [0.5, 0.6) is 0 Å². The molecule has 0 bridgehead atoms. The number of likely N-dealkylation sites (tertiary alicyclic amines) is 1. The first-order chi connectivity index (χ1) is 10.6. The highest BCUT2D eigenvalue weighted by atomic mass is 79.9. The number of benzene rings is 1. The van der Waals surface area contributed by atoms with Gasteiger partial charge in [0, 0.05) is 17.1 Å². The molecule has 0 spiro atoms. The Morgan fingerprint density at radius 1 is 1.41 bits per heavy atom. The third-order valence-electron chi connectivity index (χ3n) is 4.27. The summed E-state index contributed by atoms with van der Waals surface area (Å²) in [5.74, 6) is -0.826. The summed E-state index contributed by atoms with van der Waals surface area (Å²) < 4.78 is 14.3. The highest BCUT2D eigenvalue weighted by Gasteiger charge is 2.17. The summed E-state index contributed by atoms with van der Waals surface area (Å²) in [6.45, 7) is 5.16. The van der Waals surface area contributed by atoms with Crippen molar-refractivity contribution >= 4 is 21.8 Å². The number of amides is 1. The molecule has 2 rings (SSSR count). The fraction of sp³-hybridized carbons (Fsp3) is 0.588. The van der Waals surface area contributed by atoms with Crippen molar-refractivity contribution in [3.63, 3.8) is 0 Å². The summed E-state index contributed by atoms with van der Waals surface area (Å²) in [6.07, 6.45) is 5.91. The zero-order valence-corrected chi connectivity index (χ0v) is 14.7. The summed E-state index contributed by atoms with van der Waals surface area (Å²) >= 11 is 3.26. The monoisotopic (exact) mass is 370 g/mol. The predicted molar refractivity (Wildman–Crippen MR) is 90.6 cm³/mol. The van der Waals surface area contributed by atoms with Crippen molar-refractivity contribution in [2.45, 2.75) is 45.1 Å². The van der Waals surface area contributed by atoms with Gasteiger partial charge in [-0.3, -0.25) is 4.79 Å². The first kappa shape index (κ1) is 17.4. The van der Waals surface area contributed by atoms with Crippen molar-refractivity contribution in [2.75, 3.05) is 19.6 Å². The van der Waals surface area contributed by atoms with Crippen molar-refractivity contribution in [3.05, 3.63) is 34.1 Å². The normalized spacial score (nSPS) is 19.1. The smallest absolute Gasteiger partial charge is 0.254 e. The third kappa shape index (κ3) is 5.06. The van der Waals surface area contributed by atoms with Crippen LogP contribution >= 0.6 is 15.9 Å². The van der Waals surface area contributed by atoms with E-state index in [0.717, 1.165) is 19.4 Å². The molecule has 1 aliphatic heterocycles. The molecule has 3 nitrogen and oxygen atoms in total. The van der Waals surface area contributed by atoms with E-state index in [2.05, 4.69) is 33.1 Å². The molecule has 122 valence electrons. The minimum atomic E-state index is -0.483. The Balaban J connectivity index is 1.68. The Morgan fingerprint density at radius 3 is 3.00 bits per heavy atom. The van der Waals surface area contributed by atoms with E-state index in [0.29, 0.717) is 17.1 Å². The lowest BCUT2D eigenvalue weighted by molar-refractivity contribution is 0.0947. The maximum absolute atomic E-state index is 13.6. The van der Waals surface area contributed by atoms with Crippen LogP contribution < -0.4 is 5.32 Å². The van der Waals surface area contributed by atoms with Crippen LogP contribution in [0.25, 0.3) is 0 Å². The molecular formula is C17H24BrFN2O. The molecule has 0 aromatic heterocycles. The van der Waals surface area contributed by atoms with E-state index in [9.17, 15) is 9.18 Å². The van der Waals surface area contributed by atoms with Crippen LogP contribution in [0.3, 0.4) is 0 Å². The maximum Gasteiger partial charge on any atom is 0.254 e. The van der Waals surface area contributed by atoms with E-state index >= 15 is 0 Å². The third-order valence-corrected chi connectivity index (χ3v) is 4.76. The second kappa shape index (κ2) is 8.63. The Labute approximate surface area is 140 Å². The van der Waals surface area contributed by atoms with E-state index in [1.165, 1.54) is 37.9 Å². The molecular weight excluding hydrogens is 347 g/mol. The van der Waals surface area contributed by atoms with Crippen LogP contribution in [0.4, 0.5) is 4.39 Å². The predicted octanol–water partition coefficient (Wildman–Crippen LogP) is 3.97. The summed E-state index contributed by atoms with van der Waals surface area (Å²) in [4.78, 5) is 14.5. The molecule has 0 saturated carbocycles. The van der Waals surface area contributed by atoms with Gasteiger partial charge in [0.2, 0.25) is 0 Å². The number of carbonyl (C=O) groups excluding carboxylic acids is 1. The fourth-order valence-electron chi connectivity index (χ4n) is 2.90. The number of hydrogen-bond donors (Lipinski definition) is 1. The van der Waals surface area contributed by atoms with Gasteiger partial charge in [0.1, 0.15) is 5.82 Å². The summed E-state index contributed by atoms with van der Waals surface area (Å²) in [7, 11) is 0. The zero-order valence-electron chi connectivity index (χ0n) is 13.1. The van der Waals surface area contributed by atoms with E-state index < -0.39 is 5.82 Å². The summed E-state index contributed by atoms with van der Waals surface area (Å²) in [6, 6.07) is 5.09. The minimum Gasteiger partial charge on any atom is -0.352 e. The number of halogens is 2. The lowest BCUT2D eigenvalue weighted by atomic mass is 10.0. The molecule has 0 aliphatic carbocycles. The first-order valence-electron chi connectivity index (χ1n) is 8.05. The lowest BCUT2D eigenvalue weighted by Gasteiger charge is -2.33. The maximum atomic E-state index is 13.6. The van der Waals surface area contributed by atoms with Gasteiger partial charge in [-0.15, -0.1) is 0 Å². The number of carbonyl (C=O) groups is 1. The highest BCUT2D eigenvalue weighted by Crippen LogP contribution is 2.17. The van der Waals surface area contributed by atoms with Gasteiger partial charge in [0.25, 0.3) is 5.91 Å². The molecule has 22 heavy (non-hydrogen) atoms. The van der Waals surface area contributed by atoms with Crippen molar-refractivity contribution in [2.24, 2.45) is 0 Å². The molecule has 1 atom stereocenters. The number of hydrogen-bond acceptors (Lipinski definition) is 2. The average molecular weight is 371 g/mol. The summed E-state index contributed by atoms with van der Waals surface area (Å²) in [5.41, 5.74) is 0.0963. The number of nitrogens with zero attached hydrogens (tertiary/aromatic N) is 1. The summed E-state index contributed by atoms with van der Waals surface area (Å²) in [5, 5.41) is 2.80. The van der Waals surface area contributed by atoms with Crippen molar-refractivity contribution < 1.29 is 9.18 Å². The number of rotatable bonds is 6. The zero-order chi connectivity index (χ0) is 15.9. The number of piperidine rings is 1. The molecule has 1 N–H and O–H groups in total. The van der Waals surface area contributed by atoms with Gasteiger partial charge in [-0.1, -0.05) is 22.4 Å². The average Bonchev–Trinajstić information content (AvgIpc) is 2.51. The molecule has 1 fully saturated rings. The van der Waals surface area contributed by atoms with Crippen LogP contribution in [0.15, 0.2) is 22.7 Å². The van der Waals surface area contributed by atoms with E-state index in [4.69, 9.17) is 0 Å². The second-order valence-electron chi connectivity index (χ2n) is 5.97. The van der Waals surface area contributed by atoms with Gasteiger partial charge in [-0.25, -0.2) is 4.39 Å². The van der Waals surface area contributed by atoms with Crippen LogP contribution in [-0.4, -0.2) is 36.5 Å². The molecule has 0 radical (unpaired) electrons. The van der Waals surface area contributed by atoms with E-state index in [-0.39, 0.29) is 11.5 Å². The Morgan fingerprint density at radius 2 is 2.23 bits per heavy atom. The molecule has 1 aromatic carbocycles. The molecule has 1 aromatic rings. The van der Waals surface area contributed by atoms with Gasteiger partial charge in [-0.05, 0) is 63.9 Å². The van der Waals surface area contributed by atoms with Crippen molar-refractivity contribution in [3.8, 4) is 0 Å². The molecule has 1 unspecified atom stereocenters. The minimum absolute atomic E-state index is 0.0963. The molecule has 1 saturated heterocycles. The second-order valence-corrected chi connectivity index (χ2v) is 6.88. The largest absolute Gasteiger partial charge is 0.352 e. The highest BCUT2D eigenvalue weighted by molar-refractivity contribution is 9.10. The van der Waals surface area contributed by atoms with Crippen LogP contribution in [0, 0.1) is 5.82 Å². The fourth-order valence-corrected chi connectivity index (χ4v) is 3.26. The van der Waals surface area contributed by atoms with Gasteiger partial charge in [-0.2, -0.15) is 0 Å². The van der Waals surface area contributed by atoms with Crippen molar-refractivity contribution in [1.82, 2.24) is 10.2 Å². The molecule has 1 aliphatic rings. The van der Waals surface area contributed by atoms with E-state index in [1.54, 1.807) is 6.07 Å². The molecule has 1 heterocycles.